The molecule has 252 valence electrons. The molecular formula is C49H31N5. The molecule has 8 aromatic carbocycles. The molecule has 0 unspecified atom stereocenters. The molecule has 0 atom stereocenters. The highest BCUT2D eigenvalue weighted by Crippen LogP contribution is 2.38. The molecule has 3 aromatic heterocycles. The molecule has 0 radical (unpaired) electrons. The van der Waals surface area contributed by atoms with E-state index in [0.717, 1.165) is 44.2 Å². The fraction of sp³-hybridized carbons (Fsp3) is 0. The van der Waals surface area contributed by atoms with Gasteiger partial charge in [-0.05, 0) is 70.4 Å². The summed E-state index contributed by atoms with van der Waals surface area (Å²) in [7, 11) is 0. The van der Waals surface area contributed by atoms with Gasteiger partial charge in [0.15, 0.2) is 11.6 Å². The van der Waals surface area contributed by atoms with Gasteiger partial charge in [-0.3, -0.25) is 4.57 Å². The zero-order chi connectivity index (χ0) is 35.6. The Morgan fingerprint density at radius 2 is 0.778 bits per heavy atom. The topological polar surface area (TPSA) is 48.5 Å². The molecule has 0 saturated heterocycles. The van der Waals surface area contributed by atoms with Gasteiger partial charge in [-0.1, -0.05) is 140 Å². The molecule has 0 aliphatic carbocycles. The van der Waals surface area contributed by atoms with E-state index in [2.05, 4.69) is 137 Å². The van der Waals surface area contributed by atoms with Crippen molar-refractivity contribution in [2.24, 2.45) is 0 Å². The van der Waals surface area contributed by atoms with Gasteiger partial charge < -0.3 is 4.57 Å². The highest BCUT2D eigenvalue weighted by Gasteiger charge is 2.19. The first-order chi connectivity index (χ1) is 26.8. The number of rotatable bonds is 5. The Hall–Kier alpha value is -7.37. The molecule has 0 spiro atoms. The highest BCUT2D eigenvalue weighted by atomic mass is 15.2. The molecule has 5 heteroatoms. The molecule has 54 heavy (non-hydrogen) atoms. The van der Waals surface area contributed by atoms with Gasteiger partial charge in [-0.25, -0.2) is 4.98 Å². The van der Waals surface area contributed by atoms with Crippen LogP contribution in [0, 0.1) is 0 Å². The molecule has 0 saturated carbocycles. The van der Waals surface area contributed by atoms with Gasteiger partial charge in [-0.15, -0.1) is 0 Å². The van der Waals surface area contributed by atoms with Crippen molar-refractivity contribution in [3.8, 4) is 45.5 Å². The molecule has 0 N–H and O–H groups in total. The number of benzene rings is 8. The smallest absolute Gasteiger partial charge is 0.238 e. The normalized spacial score (nSPS) is 11.7. The van der Waals surface area contributed by atoms with E-state index in [-0.39, 0.29) is 0 Å². The van der Waals surface area contributed by atoms with Gasteiger partial charge in [0.05, 0.1) is 22.1 Å². The van der Waals surface area contributed by atoms with Crippen LogP contribution in [0.2, 0.25) is 0 Å². The molecule has 0 aliphatic heterocycles. The Bertz CT molecular complexity index is 3160. The maximum Gasteiger partial charge on any atom is 0.238 e. The van der Waals surface area contributed by atoms with Gasteiger partial charge in [-0.2, -0.15) is 9.97 Å². The quantitative estimate of drug-likeness (QED) is 0.181. The third kappa shape index (κ3) is 4.83. The molecule has 0 bridgehead atoms. The highest BCUT2D eigenvalue weighted by molar-refractivity contribution is 6.12. The Kier molecular flexibility index (Phi) is 6.79. The Morgan fingerprint density at radius 3 is 1.39 bits per heavy atom. The second-order valence-electron chi connectivity index (χ2n) is 13.7. The summed E-state index contributed by atoms with van der Waals surface area (Å²) in [6.45, 7) is 0. The maximum atomic E-state index is 5.10. The van der Waals surface area contributed by atoms with Crippen molar-refractivity contribution >= 4 is 54.4 Å². The van der Waals surface area contributed by atoms with Crippen molar-refractivity contribution < 1.29 is 0 Å². The lowest BCUT2D eigenvalue weighted by Crippen LogP contribution is -2.06. The molecule has 0 aliphatic rings. The lowest BCUT2D eigenvalue weighted by Gasteiger charge is -2.11. The van der Waals surface area contributed by atoms with Crippen molar-refractivity contribution in [1.82, 2.24) is 24.1 Å². The van der Waals surface area contributed by atoms with Gasteiger partial charge >= 0.3 is 0 Å². The van der Waals surface area contributed by atoms with E-state index in [1.54, 1.807) is 0 Å². The summed E-state index contributed by atoms with van der Waals surface area (Å²) in [6.07, 6.45) is 0. The third-order valence-electron chi connectivity index (χ3n) is 10.6. The van der Waals surface area contributed by atoms with Crippen LogP contribution in [0.15, 0.2) is 188 Å². The van der Waals surface area contributed by atoms with Crippen LogP contribution in [0.4, 0.5) is 0 Å². The largest absolute Gasteiger partial charge is 0.309 e. The number of hydrogen-bond donors (Lipinski definition) is 0. The molecule has 5 nitrogen and oxygen atoms in total. The summed E-state index contributed by atoms with van der Waals surface area (Å²) in [5.74, 6) is 1.86. The van der Waals surface area contributed by atoms with Crippen LogP contribution < -0.4 is 0 Å². The van der Waals surface area contributed by atoms with E-state index in [1.165, 1.54) is 38.1 Å². The molecule has 0 amide bonds. The number of fused-ring (bicyclic) bond motifs is 7. The monoisotopic (exact) mass is 689 g/mol. The van der Waals surface area contributed by atoms with E-state index < -0.39 is 0 Å². The van der Waals surface area contributed by atoms with E-state index >= 15 is 0 Å². The zero-order valence-electron chi connectivity index (χ0n) is 29.1. The summed E-state index contributed by atoms with van der Waals surface area (Å²) in [6, 6.07) is 66.4. The standard InChI is InChI=1S/C49H31N5/c1-3-14-33(15-4-1)47-50-48(34-16-5-2-6-17-34)52-49(51-47)54-44-22-12-10-20-40(44)42-31-37(25-28-46(42)54)36-24-27-45-41(30-36)39-19-9-11-21-43(39)53(45)38-26-23-32-13-7-8-18-35(32)29-38/h1-31H. The van der Waals surface area contributed by atoms with Gasteiger partial charge in [0, 0.05) is 38.4 Å². The SMILES string of the molecule is c1ccc(-c2nc(-c3ccccc3)nc(-n3c4ccccc4c4cc(-c5ccc6c(c5)c5ccccc5n6-c5ccc6ccccc6c5)ccc43)n2)cc1. The minimum Gasteiger partial charge on any atom is -0.309 e. The maximum absolute atomic E-state index is 5.10. The first-order valence-corrected chi connectivity index (χ1v) is 18.2. The van der Waals surface area contributed by atoms with Crippen LogP contribution in [0.3, 0.4) is 0 Å². The van der Waals surface area contributed by atoms with Crippen molar-refractivity contribution in [3.63, 3.8) is 0 Å². The van der Waals surface area contributed by atoms with E-state index in [0.29, 0.717) is 17.6 Å². The fourth-order valence-electron chi connectivity index (χ4n) is 8.01. The Labute approximate surface area is 311 Å². The Morgan fingerprint density at radius 1 is 0.296 bits per heavy atom. The molecular weight excluding hydrogens is 659 g/mol. The van der Waals surface area contributed by atoms with E-state index in [9.17, 15) is 0 Å². The lowest BCUT2D eigenvalue weighted by molar-refractivity contribution is 0.953. The average molecular weight is 690 g/mol. The predicted octanol–water partition coefficient (Wildman–Crippen LogP) is 12.2. The average Bonchev–Trinajstić information content (AvgIpc) is 3.76. The van der Waals surface area contributed by atoms with Gasteiger partial charge in [0.1, 0.15) is 0 Å². The van der Waals surface area contributed by atoms with Crippen LogP contribution in [-0.2, 0) is 0 Å². The van der Waals surface area contributed by atoms with Crippen LogP contribution in [0.25, 0.3) is 99.9 Å². The minimum atomic E-state index is 0.588. The van der Waals surface area contributed by atoms with E-state index in [4.69, 9.17) is 15.0 Å². The van der Waals surface area contributed by atoms with Crippen LogP contribution in [0.5, 0.6) is 0 Å². The van der Waals surface area contributed by atoms with Crippen LogP contribution in [-0.4, -0.2) is 24.1 Å². The van der Waals surface area contributed by atoms with Crippen molar-refractivity contribution in [2.45, 2.75) is 0 Å². The molecule has 11 aromatic rings. The summed E-state index contributed by atoms with van der Waals surface area (Å²) in [4.78, 5) is 15.1. The third-order valence-corrected chi connectivity index (χ3v) is 10.6. The molecule has 0 fully saturated rings. The second kappa shape index (κ2) is 12.1. The lowest BCUT2D eigenvalue weighted by atomic mass is 10.0. The predicted molar refractivity (Wildman–Crippen MR) is 222 cm³/mol. The fourth-order valence-corrected chi connectivity index (χ4v) is 8.01. The first-order valence-electron chi connectivity index (χ1n) is 18.2. The number of para-hydroxylation sites is 2. The zero-order valence-corrected chi connectivity index (χ0v) is 29.1. The van der Waals surface area contributed by atoms with Crippen molar-refractivity contribution in [2.75, 3.05) is 0 Å². The number of nitrogens with zero attached hydrogens (tertiary/aromatic N) is 5. The molecule has 3 heterocycles. The number of aromatic nitrogens is 5. The van der Waals surface area contributed by atoms with Gasteiger partial charge in [0.25, 0.3) is 0 Å². The molecule has 11 rings (SSSR count). The van der Waals surface area contributed by atoms with Crippen molar-refractivity contribution in [3.05, 3.63) is 188 Å². The van der Waals surface area contributed by atoms with Gasteiger partial charge in [0.2, 0.25) is 5.95 Å². The summed E-state index contributed by atoms with van der Waals surface area (Å²) in [5.41, 5.74) is 9.83. The van der Waals surface area contributed by atoms with Crippen LogP contribution in [0.1, 0.15) is 0 Å². The van der Waals surface area contributed by atoms with E-state index in [1.807, 2.05) is 60.7 Å². The van der Waals surface area contributed by atoms with Crippen LogP contribution >= 0.6 is 0 Å². The first kappa shape index (κ1) is 30.3. The number of hydrogen-bond acceptors (Lipinski definition) is 3. The second-order valence-corrected chi connectivity index (χ2v) is 13.7. The summed E-state index contributed by atoms with van der Waals surface area (Å²) >= 11 is 0. The summed E-state index contributed by atoms with van der Waals surface area (Å²) < 4.78 is 4.56. The minimum absolute atomic E-state index is 0.588. The Balaban J connectivity index is 1.09. The van der Waals surface area contributed by atoms with Crippen molar-refractivity contribution in [1.29, 1.82) is 0 Å². The summed E-state index contributed by atoms with van der Waals surface area (Å²) in [5, 5.41) is 7.22.